The highest BCUT2D eigenvalue weighted by molar-refractivity contribution is 5.86. The first-order chi connectivity index (χ1) is 8.54. The molecule has 0 aliphatic rings. The molecule has 0 heterocycles. The predicted molar refractivity (Wildman–Crippen MR) is 68.8 cm³/mol. The summed E-state index contributed by atoms with van der Waals surface area (Å²) in [7, 11) is 1.45. The lowest BCUT2D eigenvalue weighted by Crippen LogP contribution is -2.34. The maximum atomic E-state index is 11.6. The van der Waals surface area contributed by atoms with Crippen LogP contribution < -0.4 is 0 Å². The summed E-state index contributed by atoms with van der Waals surface area (Å²) in [4.78, 5) is 24.5. The smallest absolute Gasteiger partial charge is 0.331 e. The van der Waals surface area contributed by atoms with E-state index in [1.54, 1.807) is 4.90 Å². The lowest BCUT2D eigenvalue weighted by atomic mass is 10.4. The van der Waals surface area contributed by atoms with Gasteiger partial charge in [-0.25, -0.2) is 4.79 Å². The summed E-state index contributed by atoms with van der Waals surface area (Å²) in [5, 5.41) is 0. The van der Waals surface area contributed by atoms with E-state index in [4.69, 9.17) is 9.47 Å². The number of hydrogen-bond acceptors (Lipinski definition) is 4. The van der Waals surface area contributed by atoms with Crippen molar-refractivity contribution in [1.29, 1.82) is 0 Å². The topological polar surface area (TPSA) is 55.8 Å². The number of amides is 1. The fraction of sp³-hybridized carbons (Fsp3) is 0.538. The molecule has 0 aromatic rings. The lowest BCUT2D eigenvalue weighted by Gasteiger charge is -2.19. The van der Waals surface area contributed by atoms with Crippen LogP contribution >= 0.6 is 0 Å². The molecule has 0 unspecified atom stereocenters. The number of rotatable bonds is 8. The Labute approximate surface area is 108 Å². The maximum absolute atomic E-state index is 11.6. The van der Waals surface area contributed by atoms with Crippen LogP contribution in [-0.4, -0.2) is 43.6 Å². The molecule has 0 aliphatic heterocycles. The van der Waals surface area contributed by atoms with Crippen molar-refractivity contribution in [1.82, 2.24) is 4.90 Å². The van der Waals surface area contributed by atoms with Gasteiger partial charge in [0.05, 0.1) is 7.11 Å². The predicted octanol–water partition coefficient (Wildman–Crippen LogP) is 1.50. The van der Waals surface area contributed by atoms with E-state index >= 15 is 0 Å². The third kappa shape index (κ3) is 6.73. The van der Waals surface area contributed by atoms with Crippen LogP contribution in [0.15, 0.2) is 24.5 Å². The van der Waals surface area contributed by atoms with Crippen LogP contribution in [0.25, 0.3) is 0 Å². The van der Waals surface area contributed by atoms with Crippen molar-refractivity contribution in [3.8, 4) is 0 Å². The highest BCUT2D eigenvalue weighted by Gasteiger charge is 2.12. The largest absolute Gasteiger partial charge is 0.497 e. The van der Waals surface area contributed by atoms with Gasteiger partial charge in [0.25, 0.3) is 5.91 Å². The first-order valence-corrected chi connectivity index (χ1v) is 5.90. The Morgan fingerprint density at radius 1 is 1.28 bits per heavy atom. The van der Waals surface area contributed by atoms with Crippen LogP contribution in [0.1, 0.15) is 20.3 Å². The zero-order chi connectivity index (χ0) is 14.0. The molecule has 18 heavy (non-hydrogen) atoms. The van der Waals surface area contributed by atoms with Gasteiger partial charge in [-0.1, -0.05) is 13.5 Å². The van der Waals surface area contributed by atoms with Gasteiger partial charge in [-0.05, 0) is 19.4 Å². The number of ether oxygens (including phenoxy) is 2. The van der Waals surface area contributed by atoms with E-state index in [1.807, 2.05) is 13.8 Å². The van der Waals surface area contributed by atoms with E-state index in [0.29, 0.717) is 18.8 Å². The molecule has 0 rings (SSSR count). The fourth-order valence-corrected chi connectivity index (χ4v) is 1.23. The van der Waals surface area contributed by atoms with Crippen molar-refractivity contribution < 1.29 is 19.1 Å². The van der Waals surface area contributed by atoms with Gasteiger partial charge in [-0.15, -0.1) is 0 Å². The molecule has 5 heteroatoms. The van der Waals surface area contributed by atoms with Gasteiger partial charge in [0, 0.05) is 19.2 Å². The van der Waals surface area contributed by atoms with Crippen LogP contribution in [0.4, 0.5) is 0 Å². The highest BCUT2D eigenvalue weighted by Crippen LogP contribution is 1.96. The lowest BCUT2D eigenvalue weighted by molar-refractivity contribution is -0.148. The average Bonchev–Trinajstić information content (AvgIpc) is 2.39. The standard InChI is InChI=1S/C13H21NO4/c1-5-9-14(6-2)12(15)10-18-13(16)8-7-11(3)17-4/h7-8H,3,5-6,9-10H2,1-2,4H3/b8-7+. The van der Waals surface area contributed by atoms with Gasteiger partial charge in [-0.3, -0.25) is 4.79 Å². The molecule has 0 aromatic carbocycles. The molecular formula is C13H21NO4. The van der Waals surface area contributed by atoms with E-state index in [9.17, 15) is 9.59 Å². The second-order valence-corrected chi connectivity index (χ2v) is 3.58. The van der Waals surface area contributed by atoms with Crippen LogP contribution in [0.2, 0.25) is 0 Å². The Morgan fingerprint density at radius 2 is 1.94 bits per heavy atom. The van der Waals surface area contributed by atoms with Crippen LogP contribution in [0.5, 0.6) is 0 Å². The Bertz CT molecular complexity index is 323. The zero-order valence-corrected chi connectivity index (χ0v) is 11.3. The molecule has 0 saturated heterocycles. The Balaban J connectivity index is 4.08. The minimum absolute atomic E-state index is 0.188. The molecule has 0 saturated carbocycles. The highest BCUT2D eigenvalue weighted by atomic mass is 16.5. The number of hydrogen-bond donors (Lipinski definition) is 0. The van der Waals surface area contributed by atoms with Gasteiger partial charge < -0.3 is 14.4 Å². The normalized spacial score (nSPS) is 10.2. The van der Waals surface area contributed by atoms with Crippen LogP contribution in [-0.2, 0) is 19.1 Å². The molecule has 0 spiro atoms. The Hall–Kier alpha value is -1.78. The minimum atomic E-state index is -0.589. The molecule has 102 valence electrons. The Kier molecular flexibility index (Phi) is 8.35. The third-order valence-electron chi connectivity index (χ3n) is 2.23. The van der Waals surface area contributed by atoms with E-state index < -0.39 is 5.97 Å². The summed E-state index contributed by atoms with van der Waals surface area (Å²) >= 11 is 0. The number of carbonyl (C=O) groups excluding carboxylic acids is 2. The summed E-state index contributed by atoms with van der Waals surface area (Å²) in [6.45, 7) is 8.43. The molecule has 1 amide bonds. The van der Waals surface area contributed by atoms with Crippen molar-refractivity contribution in [3.05, 3.63) is 24.5 Å². The molecule has 0 radical (unpaired) electrons. The van der Waals surface area contributed by atoms with Crippen molar-refractivity contribution in [2.45, 2.75) is 20.3 Å². The zero-order valence-electron chi connectivity index (χ0n) is 11.3. The second-order valence-electron chi connectivity index (χ2n) is 3.58. The second kappa shape index (κ2) is 9.27. The first kappa shape index (κ1) is 16.2. The van der Waals surface area contributed by atoms with Gasteiger partial charge in [0.1, 0.15) is 5.76 Å². The van der Waals surface area contributed by atoms with Crippen LogP contribution in [0, 0.1) is 0 Å². The molecule has 5 nitrogen and oxygen atoms in total. The molecule has 0 aromatic heterocycles. The summed E-state index contributed by atoms with van der Waals surface area (Å²) < 4.78 is 9.56. The van der Waals surface area contributed by atoms with Crippen molar-refractivity contribution in [3.63, 3.8) is 0 Å². The minimum Gasteiger partial charge on any atom is -0.497 e. The third-order valence-corrected chi connectivity index (χ3v) is 2.23. The van der Waals surface area contributed by atoms with E-state index in [-0.39, 0.29) is 12.5 Å². The van der Waals surface area contributed by atoms with Gasteiger partial charge in [-0.2, -0.15) is 0 Å². The summed E-state index contributed by atoms with van der Waals surface area (Å²) in [6.07, 6.45) is 3.44. The average molecular weight is 255 g/mol. The fourth-order valence-electron chi connectivity index (χ4n) is 1.23. The van der Waals surface area contributed by atoms with Crippen LogP contribution in [0.3, 0.4) is 0 Å². The summed E-state index contributed by atoms with van der Waals surface area (Å²) in [6, 6.07) is 0. The quantitative estimate of drug-likeness (QED) is 0.285. The Morgan fingerprint density at radius 3 is 2.44 bits per heavy atom. The molecule has 0 atom stereocenters. The van der Waals surface area contributed by atoms with E-state index in [0.717, 1.165) is 6.42 Å². The SMILES string of the molecule is C=C(/C=C/C(=O)OCC(=O)N(CC)CCC)OC. The van der Waals surface area contributed by atoms with Crippen molar-refractivity contribution in [2.75, 3.05) is 26.8 Å². The van der Waals surface area contributed by atoms with Crippen molar-refractivity contribution in [2.24, 2.45) is 0 Å². The van der Waals surface area contributed by atoms with Gasteiger partial charge in [0.15, 0.2) is 6.61 Å². The monoisotopic (exact) mass is 255 g/mol. The van der Waals surface area contributed by atoms with E-state index in [1.165, 1.54) is 19.3 Å². The number of nitrogens with zero attached hydrogens (tertiary/aromatic N) is 1. The number of methoxy groups -OCH3 is 1. The maximum Gasteiger partial charge on any atom is 0.331 e. The van der Waals surface area contributed by atoms with Gasteiger partial charge >= 0.3 is 5.97 Å². The molecular weight excluding hydrogens is 234 g/mol. The number of carbonyl (C=O) groups is 2. The molecule has 0 bridgehead atoms. The summed E-state index contributed by atoms with van der Waals surface area (Å²) in [5.74, 6) is -0.430. The number of esters is 1. The number of likely N-dealkylation sites (N-methyl/N-ethyl adjacent to an activating group) is 1. The molecule has 0 N–H and O–H groups in total. The first-order valence-electron chi connectivity index (χ1n) is 5.90. The molecule has 0 fully saturated rings. The van der Waals surface area contributed by atoms with Crippen molar-refractivity contribution >= 4 is 11.9 Å². The summed E-state index contributed by atoms with van der Waals surface area (Å²) in [5.41, 5.74) is 0. The number of allylic oxidation sites excluding steroid dienone is 1. The van der Waals surface area contributed by atoms with Gasteiger partial charge in [0.2, 0.25) is 0 Å². The van der Waals surface area contributed by atoms with E-state index in [2.05, 4.69) is 6.58 Å². The molecule has 0 aliphatic carbocycles.